The molecule has 3 nitrogen and oxygen atoms in total. The van der Waals surface area contributed by atoms with E-state index in [0.717, 1.165) is 18.5 Å². The maximum absolute atomic E-state index is 5.94. The molecule has 0 amide bonds. The minimum atomic E-state index is 0.339. The fourth-order valence-corrected chi connectivity index (χ4v) is 2.82. The molecule has 4 heteroatoms. The van der Waals surface area contributed by atoms with Crippen LogP contribution in [0.4, 0.5) is 5.95 Å². The van der Waals surface area contributed by atoms with Gasteiger partial charge in [-0.2, -0.15) is 0 Å². The van der Waals surface area contributed by atoms with Crippen LogP contribution in [0.15, 0.2) is 23.7 Å². The Morgan fingerprint density at radius 3 is 2.88 bits per heavy atom. The van der Waals surface area contributed by atoms with Gasteiger partial charge in [0.1, 0.15) is 0 Å². The maximum Gasteiger partial charge on any atom is 0.200 e. The number of nitrogens with two attached hydrogens (primary N) is 1. The van der Waals surface area contributed by atoms with Crippen molar-refractivity contribution in [1.29, 1.82) is 0 Å². The Morgan fingerprint density at radius 1 is 1.56 bits per heavy atom. The van der Waals surface area contributed by atoms with Gasteiger partial charge in [0.15, 0.2) is 0 Å². The quantitative estimate of drug-likeness (QED) is 0.884. The number of aromatic nitrogens is 2. The van der Waals surface area contributed by atoms with Crippen LogP contribution in [0.1, 0.15) is 36.4 Å². The summed E-state index contributed by atoms with van der Waals surface area (Å²) in [5.74, 6) is 0.615. The van der Waals surface area contributed by atoms with E-state index in [2.05, 4.69) is 34.0 Å². The Kier molecular flexibility index (Phi) is 3.29. The zero-order valence-electron chi connectivity index (χ0n) is 9.68. The lowest BCUT2D eigenvalue weighted by Gasteiger charge is -2.17. The summed E-state index contributed by atoms with van der Waals surface area (Å²) < 4.78 is 2.09. The molecule has 86 valence electrons. The predicted octanol–water partition coefficient (Wildman–Crippen LogP) is 3.22. The SMILES string of the molecule is CCCC(c1cccs1)n1cc(C)nc1N. The van der Waals surface area contributed by atoms with E-state index >= 15 is 0 Å². The number of anilines is 1. The summed E-state index contributed by atoms with van der Waals surface area (Å²) >= 11 is 1.78. The van der Waals surface area contributed by atoms with E-state index in [1.807, 2.05) is 13.1 Å². The Balaban J connectivity index is 2.36. The molecule has 0 aliphatic rings. The van der Waals surface area contributed by atoms with Crippen LogP contribution >= 0.6 is 11.3 Å². The van der Waals surface area contributed by atoms with Crippen LogP contribution in [0.3, 0.4) is 0 Å². The number of nitrogen functional groups attached to an aromatic ring is 1. The topological polar surface area (TPSA) is 43.8 Å². The normalized spacial score (nSPS) is 12.9. The first kappa shape index (κ1) is 11.2. The molecule has 1 unspecified atom stereocenters. The highest BCUT2D eigenvalue weighted by Crippen LogP contribution is 2.29. The Bertz CT molecular complexity index is 445. The average Bonchev–Trinajstić information content (AvgIpc) is 2.85. The number of aryl methyl sites for hydroxylation is 1. The third-order valence-corrected chi connectivity index (χ3v) is 3.62. The van der Waals surface area contributed by atoms with Crippen LogP contribution in [0.25, 0.3) is 0 Å². The summed E-state index contributed by atoms with van der Waals surface area (Å²) in [7, 11) is 0. The molecule has 0 fully saturated rings. The average molecular weight is 235 g/mol. The van der Waals surface area contributed by atoms with E-state index in [-0.39, 0.29) is 0 Å². The molecule has 2 rings (SSSR count). The second-order valence-electron chi connectivity index (χ2n) is 3.97. The second-order valence-corrected chi connectivity index (χ2v) is 4.95. The van der Waals surface area contributed by atoms with Crippen molar-refractivity contribution in [1.82, 2.24) is 9.55 Å². The first-order chi connectivity index (χ1) is 7.72. The molecule has 2 heterocycles. The van der Waals surface area contributed by atoms with Gasteiger partial charge < -0.3 is 10.3 Å². The van der Waals surface area contributed by atoms with E-state index in [1.54, 1.807) is 11.3 Å². The van der Waals surface area contributed by atoms with Gasteiger partial charge in [0.2, 0.25) is 5.95 Å². The number of hydrogen-bond donors (Lipinski definition) is 1. The number of imidazole rings is 1. The third-order valence-electron chi connectivity index (χ3n) is 2.65. The summed E-state index contributed by atoms with van der Waals surface area (Å²) in [4.78, 5) is 5.62. The zero-order valence-corrected chi connectivity index (χ0v) is 10.5. The molecular weight excluding hydrogens is 218 g/mol. The molecule has 0 saturated carbocycles. The molecule has 0 aliphatic heterocycles. The zero-order chi connectivity index (χ0) is 11.5. The van der Waals surface area contributed by atoms with Gasteiger partial charge in [-0.05, 0) is 24.8 Å². The van der Waals surface area contributed by atoms with Crippen molar-refractivity contribution >= 4 is 17.3 Å². The summed E-state index contributed by atoms with van der Waals surface area (Å²) in [5, 5.41) is 2.11. The molecule has 0 spiro atoms. The van der Waals surface area contributed by atoms with Gasteiger partial charge in [0, 0.05) is 11.1 Å². The molecule has 0 bridgehead atoms. The van der Waals surface area contributed by atoms with E-state index < -0.39 is 0 Å². The van der Waals surface area contributed by atoms with Crippen molar-refractivity contribution in [2.75, 3.05) is 5.73 Å². The van der Waals surface area contributed by atoms with Crippen LogP contribution in [-0.2, 0) is 0 Å². The van der Waals surface area contributed by atoms with Gasteiger partial charge in [-0.1, -0.05) is 19.4 Å². The molecule has 1 atom stereocenters. The Morgan fingerprint density at radius 2 is 2.38 bits per heavy atom. The fourth-order valence-electron chi connectivity index (χ4n) is 1.96. The summed E-state index contributed by atoms with van der Waals surface area (Å²) in [6.07, 6.45) is 4.27. The fraction of sp³-hybridized carbons (Fsp3) is 0.417. The summed E-state index contributed by atoms with van der Waals surface area (Å²) in [6, 6.07) is 4.59. The van der Waals surface area contributed by atoms with Gasteiger partial charge in [-0.15, -0.1) is 11.3 Å². The van der Waals surface area contributed by atoms with Gasteiger partial charge in [-0.25, -0.2) is 4.98 Å². The van der Waals surface area contributed by atoms with E-state index in [1.165, 1.54) is 4.88 Å². The molecule has 2 N–H and O–H groups in total. The first-order valence-corrected chi connectivity index (χ1v) is 6.44. The highest BCUT2D eigenvalue weighted by Gasteiger charge is 2.16. The number of rotatable bonds is 4. The molecule has 0 radical (unpaired) electrons. The smallest absolute Gasteiger partial charge is 0.200 e. The Labute approximate surface area is 99.9 Å². The van der Waals surface area contributed by atoms with Gasteiger partial charge >= 0.3 is 0 Å². The lowest BCUT2D eigenvalue weighted by atomic mass is 10.1. The third kappa shape index (κ3) is 2.11. The highest BCUT2D eigenvalue weighted by molar-refractivity contribution is 7.10. The highest BCUT2D eigenvalue weighted by atomic mass is 32.1. The van der Waals surface area contributed by atoms with E-state index in [4.69, 9.17) is 5.73 Å². The molecule has 0 saturated heterocycles. The summed E-state index contributed by atoms with van der Waals surface area (Å²) in [5.41, 5.74) is 6.92. The van der Waals surface area contributed by atoms with E-state index in [9.17, 15) is 0 Å². The molecule has 0 aliphatic carbocycles. The number of thiophene rings is 1. The Hall–Kier alpha value is -1.29. The van der Waals surface area contributed by atoms with Crippen molar-refractivity contribution in [2.45, 2.75) is 32.7 Å². The molecule has 16 heavy (non-hydrogen) atoms. The van der Waals surface area contributed by atoms with Crippen molar-refractivity contribution in [2.24, 2.45) is 0 Å². The maximum atomic E-state index is 5.94. The standard InChI is InChI=1S/C12H17N3S/c1-3-5-10(11-6-4-7-16-11)15-8-9(2)14-12(15)13/h4,6-8,10H,3,5H2,1-2H3,(H2,13,14). The largest absolute Gasteiger partial charge is 0.369 e. The second kappa shape index (κ2) is 4.70. The van der Waals surface area contributed by atoms with E-state index in [0.29, 0.717) is 12.0 Å². The minimum absolute atomic E-state index is 0.339. The first-order valence-electron chi connectivity index (χ1n) is 5.56. The molecule has 0 aromatic carbocycles. The van der Waals surface area contributed by atoms with Crippen LogP contribution < -0.4 is 5.73 Å². The summed E-state index contributed by atoms with van der Waals surface area (Å²) in [6.45, 7) is 4.17. The minimum Gasteiger partial charge on any atom is -0.369 e. The number of nitrogens with zero attached hydrogens (tertiary/aromatic N) is 2. The van der Waals surface area contributed by atoms with Crippen LogP contribution in [0.2, 0.25) is 0 Å². The predicted molar refractivity (Wildman–Crippen MR) is 68.7 cm³/mol. The van der Waals surface area contributed by atoms with Crippen LogP contribution in [0.5, 0.6) is 0 Å². The molecule has 2 aromatic heterocycles. The van der Waals surface area contributed by atoms with Crippen molar-refractivity contribution < 1.29 is 0 Å². The van der Waals surface area contributed by atoms with Crippen molar-refractivity contribution in [3.8, 4) is 0 Å². The van der Waals surface area contributed by atoms with Crippen LogP contribution in [0, 0.1) is 6.92 Å². The monoisotopic (exact) mass is 235 g/mol. The lowest BCUT2D eigenvalue weighted by molar-refractivity contribution is 0.547. The lowest BCUT2D eigenvalue weighted by Crippen LogP contribution is -2.11. The molecular formula is C12H17N3S. The van der Waals surface area contributed by atoms with Gasteiger partial charge in [-0.3, -0.25) is 0 Å². The number of hydrogen-bond acceptors (Lipinski definition) is 3. The van der Waals surface area contributed by atoms with Crippen LogP contribution in [-0.4, -0.2) is 9.55 Å². The van der Waals surface area contributed by atoms with Crippen molar-refractivity contribution in [3.05, 3.63) is 34.3 Å². The van der Waals surface area contributed by atoms with Gasteiger partial charge in [0.05, 0.1) is 11.7 Å². The van der Waals surface area contributed by atoms with Crippen molar-refractivity contribution in [3.63, 3.8) is 0 Å². The van der Waals surface area contributed by atoms with Gasteiger partial charge in [0.25, 0.3) is 0 Å². The molecule has 2 aromatic rings.